The number of hydrogen-bond acceptors (Lipinski definition) is 4. The number of amides is 2. The normalized spacial score (nSPS) is 11.1. The summed E-state index contributed by atoms with van der Waals surface area (Å²) >= 11 is 1.70. The van der Waals surface area contributed by atoms with E-state index in [0.717, 1.165) is 16.2 Å². The van der Waals surface area contributed by atoms with Crippen molar-refractivity contribution >= 4 is 35.0 Å². The summed E-state index contributed by atoms with van der Waals surface area (Å²) in [5.74, 6) is 0.247. The molecular weight excluding hydrogens is 425 g/mol. The van der Waals surface area contributed by atoms with Crippen molar-refractivity contribution in [1.82, 2.24) is 4.98 Å². The summed E-state index contributed by atoms with van der Waals surface area (Å²) in [7, 11) is 0. The Morgan fingerprint density at radius 2 is 1.56 bits per heavy atom. The molecule has 0 aliphatic rings. The molecule has 3 aromatic rings. The molecule has 0 radical (unpaired) electrons. The second-order valence-electron chi connectivity index (χ2n) is 7.81. The van der Waals surface area contributed by atoms with Crippen LogP contribution in [0.3, 0.4) is 0 Å². The highest BCUT2D eigenvalue weighted by Gasteiger charge is 2.29. The van der Waals surface area contributed by atoms with Gasteiger partial charge < -0.3 is 10.6 Å². The summed E-state index contributed by atoms with van der Waals surface area (Å²) in [5, 5.41) is 5.67. The maximum absolute atomic E-state index is 13.1. The molecular formula is C25H26FN3O2S. The van der Waals surface area contributed by atoms with E-state index in [4.69, 9.17) is 0 Å². The van der Waals surface area contributed by atoms with Crippen molar-refractivity contribution in [3.8, 4) is 0 Å². The van der Waals surface area contributed by atoms with Crippen LogP contribution in [-0.4, -0.2) is 22.6 Å². The van der Waals surface area contributed by atoms with Gasteiger partial charge in [0.25, 0.3) is 0 Å². The summed E-state index contributed by atoms with van der Waals surface area (Å²) in [6, 6.07) is 16.6. The van der Waals surface area contributed by atoms with Gasteiger partial charge in [0.1, 0.15) is 5.82 Å². The van der Waals surface area contributed by atoms with Crippen molar-refractivity contribution in [2.45, 2.75) is 37.5 Å². The molecule has 1 heterocycles. The molecule has 0 spiro atoms. The highest BCUT2D eigenvalue weighted by atomic mass is 32.2. The van der Waals surface area contributed by atoms with E-state index in [1.54, 1.807) is 30.1 Å². The van der Waals surface area contributed by atoms with Crippen LogP contribution >= 0.6 is 11.8 Å². The highest BCUT2D eigenvalue weighted by molar-refractivity contribution is 7.99. The lowest BCUT2D eigenvalue weighted by molar-refractivity contribution is -0.120. The van der Waals surface area contributed by atoms with Crippen molar-refractivity contribution < 1.29 is 14.0 Å². The van der Waals surface area contributed by atoms with Gasteiger partial charge in [0.05, 0.1) is 11.8 Å². The summed E-state index contributed by atoms with van der Waals surface area (Å²) in [6.45, 7) is 5.70. The Balaban J connectivity index is 1.59. The molecule has 166 valence electrons. The quantitative estimate of drug-likeness (QED) is 0.448. The second kappa shape index (κ2) is 10.4. The van der Waals surface area contributed by atoms with E-state index in [0.29, 0.717) is 17.1 Å². The Bertz CT molecular complexity index is 1070. The maximum Gasteiger partial charge on any atom is 0.234 e. The zero-order valence-corrected chi connectivity index (χ0v) is 19.1. The number of carbonyl (C=O) groups is 2. The number of nitrogens with one attached hydrogen (secondary N) is 2. The van der Waals surface area contributed by atoms with Gasteiger partial charge in [-0.15, -0.1) is 11.8 Å². The smallest absolute Gasteiger partial charge is 0.234 e. The second-order valence-corrected chi connectivity index (χ2v) is 9.14. The van der Waals surface area contributed by atoms with Gasteiger partial charge in [-0.2, -0.15) is 0 Å². The largest absolute Gasteiger partial charge is 0.326 e. The molecule has 5 nitrogen and oxygen atoms in total. The van der Waals surface area contributed by atoms with Gasteiger partial charge >= 0.3 is 0 Å². The molecule has 0 atom stereocenters. The molecule has 2 aromatic carbocycles. The number of carbonyl (C=O) groups excluding carboxylic acids is 2. The van der Waals surface area contributed by atoms with E-state index in [9.17, 15) is 14.0 Å². The minimum Gasteiger partial charge on any atom is -0.326 e. The molecule has 0 saturated heterocycles. The number of pyridine rings is 1. The summed E-state index contributed by atoms with van der Waals surface area (Å²) in [6.07, 6.45) is 1.97. The summed E-state index contributed by atoms with van der Waals surface area (Å²) in [5.41, 5.74) is 1.85. The van der Waals surface area contributed by atoms with Gasteiger partial charge in [-0.25, -0.2) is 4.39 Å². The monoisotopic (exact) mass is 451 g/mol. The fourth-order valence-corrected chi connectivity index (χ4v) is 3.68. The summed E-state index contributed by atoms with van der Waals surface area (Å²) in [4.78, 5) is 30.5. The zero-order valence-electron chi connectivity index (χ0n) is 18.3. The van der Waals surface area contributed by atoms with E-state index in [1.165, 1.54) is 24.3 Å². The Hall–Kier alpha value is -3.19. The molecule has 2 amide bonds. The number of nitrogens with zero attached hydrogens (tertiary/aromatic N) is 1. The molecule has 0 aliphatic heterocycles. The third-order valence-electron chi connectivity index (χ3n) is 5.01. The Morgan fingerprint density at radius 1 is 0.938 bits per heavy atom. The van der Waals surface area contributed by atoms with Gasteiger partial charge in [-0.05, 0) is 73.7 Å². The van der Waals surface area contributed by atoms with Crippen molar-refractivity contribution in [1.29, 1.82) is 0 Å². The van der Waals surface area contributed by atoms with Crippen LogP contribution in [0, 0.1) is 5.82 Å². The lowest BCUT2D eigenvalue weighted by Crippen LogP contribution is -2.34. The molecule has 3 rings (SSSR count). The summed E-state index contributed by atoms with van der Waals surface area (Å²) < 4.78 is 13.1. The van der Waals surface area contributed by atoms with Crippen molar-refractivity contribution in [2.24, 2.45) is 0 Å². The topological polar surface area (TPSA) is 71.1 Å². The van der Waals surface area contributed by atoms with E-state index >= 15 is 0 Å². The lowest BCUT2D eigenvalue weighted by Gasteiger charge is -2.24. The van der Waals surface area contributed by atoms with Crippen LogP contribution in [0.1, 0.15) is 32.0 Å². The van der Waals surface area contributed by atoms with Gasteiger partial charge in [0.2, 0.25) is 11.8 Å². The van der Waals surface area contributed by atoms with Crippen LogP contribution in [0.5, 0.6) is 0 Å². The Morgan fingerprint density at radius 3 is 2.16 bits per heavy atom. The minimum absolute atomic E-state index is 0.158. The van der Waals surface area contributed by atoms with Crippen molar-refractivity contribution in [3.63, 3.8) is 0 Å². The van der Waals surface area contributed by atoms with Crippen LogP contribution in [0.2, 0.25) is 0 Å². The molecule has 0 bridgehead atoms. The fraction of sp³-hybridized carbons (Fsp3) is 0.240. The Labute approximate surface area is 191 Å². The molecule has 0 aliphatic carbocycles. The number of aromatic nitrogens is 1. The highest BCUT2D eigenvalue weighted by Crippen LogP contribution is 2.26. The molecule has 1 aromatic heterocycles. The standard InChI is InChI=1S/C25H26FN3O2S/c1-4-32-22-14-13-21(27-16-22)15-23(30)28-19-9-5-17(6-10-19)25(2,3)24(31)29-20-11-7-18(26)8-12-20/h5-14,16H,4,15H2,1-3H3,(H,28,30)(H,29,31). The van der Waals surface area contributed by atoms with Crippen LogP contribution in [0.15, 0.2) is 71.8 Å². The predicted octanol–water partition coefficient (Wildman–Crippen LogP) is 5.43. The molecule has 7 heteroatoms. The van der Waals surface area contributed by atoms with Gasteiger partial charge in [-0.1, -0.05) is 19.1 Å². The van der Waals surface area contributed by atoms with Gasteiger partial charge in [0.15, 0.2) is 0 Å². The Kier molecular flexibility index (Phi) is 7.64. The number of hydrogen-bond donors (Lipinski definition) is 2. The first kappa shape index (κ1) is 23.5. The predicted molar refractivity (Wildman–Crippen MR) is 127 cm³/mol. The van der Waals surface area contributed by atoms with E-state index in [-0.39, 0.29) is 24.1 Å². The number of thioether (sulfide) groups is 1. The zero-order chi connectivity index (χ0) is 23.1. The molecule has 32 heavy (non-hydrogen) atoms. The van der Waals surface area contributed by atoms with Gasteiger partial charge in [0, 0.05) is 28.2 Å². The van der Waals surface area contributed by atoms with Crippen molar-refractivity contribution in [2.75, 3.05) is 16.4 Å². The molecule has 0 fully saturated rings. The SMILES string of the molecule is CCSc1ccc(CC(=O)Nc2ccc(C(C)(C)C(=O)Nc3ccc(F)cc3)cc2)nc1. The molecule has 0 unspecified atom stereocenters. The van der Waals surface area contributed by atoms with E-state index in [2.05, 4.69) is 22.5 Å². The fourth-order valence-electron chi connectivity index (χ4n) is 3.06. The number of halogens is 1. The first-order chi connectivity index (χ1) is 15.3. The van der Waals surface area contributed by atoms with Crippen LogP contribution in [0.25, 0.3) is 0 Å². The average molecular weight is 452 g/mol. The maximum atomic E-state index is 13.1. The molecule has 0 saturated carbocycles. The number of benzene rings is 2. The van der Waals surface area contributed by atoms with Crippen LogP contribution < -0.4 is 10.6 Å². The third kappa shape index (κ3) is 6.17. The number of rotatable bonds is 8. The third-order valence-corrected chi connectivity index (χ3v) is 5.87. The first-order valence-corrected chi connectivity index (χ1v) is 11.3. The average Bonchev–Trinajstić information content (AvgIpc) is 2.77. The first-order valence-electron chi connectivity index (χ1n) is 10.3. The minimum atomic E-state index is -0.820. The van der Waals surface area contributed by atoms with Gasteiger partial charge in [-0.3, -0.25) is 14.6 Å². The van der Waals surface area contributed by atoms with Crippen LogP contribution in [-0.2, 0) is 21.4 Å². The van der Waals surface area contributed by atoms with E-state index in [1.807, 2.05) is 38.1 Å². The van der Waals surface area contributed by atoms with Crippen molar-refractivity contribution in [3.05, 3.63) is 83.9 Å². The number of anilines is 2. The lowest BCUT2D eigenvalue weighted by atomic mass is 9.83. The van der Waals surface area contributed by atoms with Crippen LogP contribution in [0.4, 0.5) is 15.8 Å². The molecule has 2 N–H and O–H groups in total. The van der Waals surface area contributed by atoms with E-state index < -0.39 is 5.41 Å².